The number of hydrogen-bond donors (Lipinski definition) is 3. The largest absolute Gasteiger partial charge is 0.417 e. The van der Waals surface area contributed by atoms with Gasteiger partial charge in [-0.1, -0.05) is 35.9 Å². The quantitative estimate of drug-likeness (QED) is 0.474. The molecule has 170 valence electrons. The van der Waals surface area contributed by atoms with Crippen molar-refractivity contribution >= 4 is 29.2 Å². The van der Waals surface area contributed by atoms with Crippen molar-refractivity contribution in [2.24, 2.45) is 5.92 Å². The fourth-order valence-electron chi connectivity index (χ4n) is 4.24. The maximum Gasteiger partial charge on any atom is 0.417 e. The first kappa shape index (κ1) is 22.4. The Balaban J connectivity index is 1.61. The molecule has 32 heavy (non-hydrogen) atoms. The van der Waals surface area contributed by atoms with Crippen molar-refractivity contribution in [2.45, 2.75) is 25.4 Å². The minimum atomic E-state index is -4.60. The van der Waals surface area contributed by atoms with Crippen LogP contribution in [0.25, 0.3) is 11.1 Å². The van der Waals surface area contributed by atoms with Crippen LogP contribution < -0.4 is 11.1 Å². The molecule has 4 N–H and O–H groups in total. The van der Waals surface area contributed by atoms with Gasteiger partial charge in [0.2, 0.25) is 11.9 Å². The summed E-state index contributed by atoms with van der Waals surface area (Å²) in [6.45, 7) is 2.15. The third-order valence-corrected chi connectivity index (χ3v) is 5.94. The summed E-state index contributed by atoms with van der Waals surface area (Å²) >= 11 is 6.34. The van der Waals surface area contributed by atoms with Crippen molar-refractivity contribution in [1.29, 1.82) is 0 Å². The summed E-state index contributed by atoms with van der Waals surface area (Å²) in [5.41, 5.74) is 6.22. The minimum absolute atomic E-state index is 0.0208. The number of aromatic amines is 1. The Morgan fingerprint density at radius 3 is 2.62 bits per heavy atom. The molecule has 3 aromatic rings. The highest BCUT2D eigenvalue weighted by Crippen LogP contribution is 2.43. The van der Waals surface area contributed by atoms with Crippen molar-refractivity contribution < 1.29 is 13.2 Å². The Labute approximate surface area is 189 Å². The van der Waals surface area contributed by atoms with Crippen LogP contribution in [0.5, 0.6) is 0 Å². The molecule has 1 aliphatic heterocycles. The average molecular weight is 465 g/mol. The van der Waals surface area contributed by atoms with E-state index in [1.165, 1.54) is 18.9 Å². The van der Waals surface area contributed by atoms with E-state index in [9.17, 15) is 13.2 Å². The molecule has 0 aliphatic carbocycles. The normalized spacial score (nSPS) is 17.5. The summed E-state index contributed by atoms with van der Waals surface area (Å²) in [7, 11) is 2.12. The SMILES string of the molecule is CN1CCCC(Cc2ccc(-c3c(Cl)cc(Nc4n[nH]c(N)n4)cc3C(F)(F)F)cc2)C1. The van der Waals surface area contributed by atoms with Gasteiger partial charge in [-0.3, -0.25) is 0 Å². The predicted octanol–water partition coefficient (Wildman–Crippen LogP) is 5.35. The van der Waals surface area contributed by atoms with E-state index in [4.69, 9.17) is 17.3 Å². The van der Waals surface area contributed by atoms with Gasteiger partial charge < -0.3 is 16.0 Å². The number of nitrogen functional groups attached to an aromatic ring is 1. The summed E-state index contributed by atoms with van der Waals surface area (Å²) in [6.07, 6.45) is -1.35. The molecule has 1 atom stereocenters. The van der Waals surface area contributed by atoms with Crippen molar-refractivity contribution in [3.63, 3.8) is 0 Å². The van der Waals surface area contributed by atoms with Crippen LogP contribution in [0.4, 0.5) is 30.8 Å². The first-order valence-electron chi connectivity index (χ1n) is 10.3. The molecule has 0 spiro atoms. The number of nitrogens with one attached hydrogen (secondary N) is 2. The lowest BCUT2D eigenvalue weighted by molar-refractivity contribution is -0.137. The minimum Gasteiger partial charge on any atom is -0.368 e. The smallest absolute Gasteiger partial charge is 0.368 e. The van der Waals surface area contributed by atoms with E-state index in [2.05, 4.69) is 32.4 Å². The zero-order valence-corrected chi connectivity index (χ0v) is 18.3. The van der Waals surface area contributed by atoms with Gasteiger partial charge in [0, 0.05) is 17.8 Å². The number of benzene rings is 2. The Hall–Kier alpha value is -2.78. The van der Waals surface area contributed by atoms with E-state index >= 15 is 0 Å². The topological polar surface area (TPSA) is 82.9 Å². The Morgan fingerprint density at radius 2 is 2.00 bits per heavy atom. The fourth-order valence-corrected chi connectivity index (χ4v) is 4.56. The van der Waals surface area contributed by atoms with Gasteiger partial charge in [0.15, 0.2) is 0 Å². The third kappa shape index (κ3) is 5.16. The van der Waals surface area contributed by atoms with E-state index in [1.807, 2.05) is 12.1 Å². The summed E-state index contributed by atoms with van der Waals surface area (Å²) in [6, 6.07) is 9.62. The number of aromatic nitrogens is 3. The molecule has 6 nitrogen and oxygen atoms in total. The standard InChI is InChI=1S/C22H24ClF3N6/c1-32-8-2-3-14(12-32)9-13-4-6-15(7-5-13)19-17(22(24,25)26)10-16(11-18(19)23)28-21-29-20(27)30-31-21/h4-7,10-11,14H,2-3,8-9,12H2,1H3,(H4,27,28,29,30,31). The van der Waals surface area contributed by atoms with E-state index in [0.29, 0.717) is 11.5 Å². The number of halogens is 4. The molecule has 0 saturated carbocycles. The molecule has 1 unspecified atom stereocenters. The van der Waals surface area contributed by atoms with Crippen LogP contribution in [0.3, 0.4) is 0 Å². The number of rotatable bonds is 5. The highest BCUT2D eigenvalue weighted by atomic mass is 35.5. The first-order valence-corrected chi connectivity index (χ1v) is 10.7. The number of anilines is 3. The third-order valence-electron chi connectivity index (χ3n) is 5.64. The van der Waals surface area contributed by atoms with E-state index in [0.717, 1.165) is 31.1 Å². The molecule has 10 heteroatoms. The van der Waals surface area contributed by atoms with Crippen LogP contribution in [0, 0.1) is 5.92 Å². The van der Waals surface area contributed by atoms with Crippen LogP contribution in [0.15, 0.2) is 36.4 Å². The number of piperidine rings is 1. The number of nitrogens with zero attached hydrogens (tertiary/aromatic N) is 3. The highest BCUT2D eigenvalue weighted by Gasteiger charge is 2.35. The van der Waals surface area contributed by atoms with E-state index in [1.54, 1.807) is 12.1 Å². The van der Waals surface area contributed by atoms with Crippen LogP contribution >= 0.6 is 11.6 Å². The van der Waals surface area contributed by atoms with Crippen LogP contribution in [-0.4, -0.2) is 40.2 Å². The highest BCUT2D eigenvalue weighted by molar-refractivity contribution is 6.34. The van der Waals surface area contributed by atoms with Crippen molar-refractivity contribution in [3.05, 3.63) is 52.5 Å². The lowest BCUT2D eigenvalue weighted by atomic mass is 9.90. The van der Waals surface area contributed by atoms with Gasteiger partial charge in [0.1, 0.15) is 0 Å². The van der Waals surface area contributed by atoms with Crippen LogP contribution in [0.1, 0.15) is 24.0 Å². The molecule has 1 aliphatic rings. The second kappa shape index (κ2) is 8.99. The van der Waals surface area contributed by atoms with Crippen molar-refractivity contribution in [1.82, 2.24) is 20.1 Å². The van der Waals surface area contributed by atoms with Gasteiger partial charge in [-0.25, -0.2) is 5.10 Å². The van der Waals surface area contributed by atoms with Gasteiger partial charge >= 0.3 is 6.18 Å². The predicted molar refractivity (Wildman–Crippen MR) is 120 cm³/mol. The van der Waals surface area contributed by atoms with Crippen molar-refractivity contribution in [3.8, 4) is 11.1 Å². The molecular weight excluding hydrogens is 441 g/mol. The molecule has 0 amide bonds. The monoisotopic (exact) mass is 464 g/mol. The van der Waals surface area contributed by atoms with Gasteiger partial charge in [-0.15, -0.1) is 5.10 Å². The maximum atomic E-state index is 13.9. The molecular formula is C22H24ClF3N6. The lowest BCUT2D eigenvalue weighted by Crippen LogP contribution is -2.32. The number of hydrogen-bond acceptors (Lipinski definition) is 5. The summed E-state index contributed by atoms with van der Waals surface area (Å²) in [5.74, 6) is 0.660. The second-order valence-corrected chi connectivity index (χ2v) is 8.63. The number of likely N-dealkylation sites (tertiary alicyclic amines) is 1. The molecule has 0 radical (unpaired) electrons. The lowest BCUT2D eigenvalue weighted by Gasteiger charge is -2.29. The molecule has 2 heterocycles. The maximum absolute atomic E-state index is 13.9. The molecule has 1 saturated heterocycles. The van der Waals surface area contributed by atoms with E-state index in [-0.39, 0.29) is 28.2 Å². The zero-order chi connectivity index (χ0) is 22.9. The number of H-pyrrole nitrogens is 1. The molecule has 4 rings (SSSR count). The Bertz CT molecular complexity index is 1080. The summed E-state index contributed by atoms with van der Waals surface area (Å²) in [4.78, 5) is 6.16. The summed E-state index contributed by atoms with van der Waals surface area (Å²) < 4.78 is 41.7. The summed E-state index contributed by atoms with van der Waals surface area (Å²) in [5, 5.41) is 8.87. The molecule has 1 aromatic heterocycles. The van der Waals surface area contributed by atoms with Gasteiger partial charge in [-0.05, 0) is 62.0 Å². The Morgan fingerprint density at radius 1 is 1.25 bits per heavy atom. The van der Waals surface area contributed by atoms with Crippen LogP contribution in [0.2, 0.25) is 5.02 Å². The van der Waals surface area contributed by atoms with Crippen LogP contribution in [-0.2, 0) is 12.6 Å². The van der Waals surface area contributed by atoms with Crippen molar-refractivity contribution in [2.75, 3.05) is 31.2 Å². The molecule has 2 aromatic carbocycles. The first-order chi connectivity index (χ1) is 15.2. The zero-order valence-electron chi connectivity index (χ0n) is 17.5. The average Bonchev–Trinajstić information content (AvgIpc) is 3.12. The molecule has 0 bridgehead atoms. The van der Waals surface area contributed by atoms with E-state index < -0.39 is 11.7 Å². The molecule has 1 fully saturated rings. The van der Waals surface area contributed by atoms with Gasteiger partial charge in [0.05, 0.1) is 10.6 Å². The fraction of sp³-hybridized carbons (Fsp3) is 0.364. The Kier molecular flexibility index (Phi) is 6.30. The number of alkyl halides is 3. The van der Waals surface area contributed by atoms with Gasteiger partial charge in [-0.2, -0.15) is 18.2 Å². The second-order valence-electron chi connectivity index (χ2n) is 8.22. The van der Waals surface area contributed by atoms with Gasteiger partial charge in [0.25, 0.3) is 0 Å². The number of nitrogens with two attached hydrogens (primary N) is 1.